The van der Waals surface area contributed by atoms with Crippen molar-refractivity contribution in [2.75, 3.05) is 0 Å². The summed E-state index contributed by atoms with van der Waals surface area (Å²) in [6.07, 6.45) is -5.16. The van der Waals surface area contributed by atoms with Gasteiger partial charge in [-0.05, 0) is 17.7 Å². The van der Waals surface area contributed by atoms with Crippen molar-refractivity contribution >= 4 is 29.2 Å². The first-order chi connectivity index (χ1) is 7.60. The Morgan fingerprint density at radius 3 is 2.12 bits per heavy atom. The van der Waals surface area contributed by atoms with Gasteiger partial charge in [-0.2, -0.15) is 13.2 Å². The molecular formula is C9H6Cl2F3NO2. The molecule has 0 aromatic heterocycles. The van der Waals surface area contributed by atoms with Gasteiger partial charge in [-0.25, -0.2) is 4.79 Å². The van der Waals surface area contributed by atoms with Crippen LogP contribution in [-0.4, -0.2) is 17.3 Å². The second-order valence-corrected chi connectivity index (χ2v) is 4.05. The Labute approximate surface area is 104 Å². The van der Waals surface area contributed by atoms with Gasteiger partial charge >= 0.3 is 12.1 Å². The summed E-state index contributed by atoms with van der Waals surface area (Å²) >= 11 is 11.1. The fourth-order valence-electron chi connectivity index (χ4n) is 1.15. The van der Waals surface area contributed by atoms with Gasteiger partial charge in [0.1, 0.15) is 0 Å². The van der Waals surface area contributed by atoms with Crippen LogP contribution in [0, 0.1) is 0 Å². The molecule has 1 atom stereocenters. The minimum Gasteiger partial charge on any atom is -0.479 e. The molecule has 1 aromatic rings. The maximum absolute atomic E-state index is 12.7. The topological polar surface area (TPSA) is 63.3 Å². The number of benzene rings is 1. The number of halogens is 5. The predicted octanol–water partition coefficient (Wildman–Crippen LogP) is 2.79. The van der Waals surface area contributed by atoms with Crippen LogP contribution in [0.5, 0.6) is 0 Å². The Bertz CT molecular complexity index is 464. The number of carbonyl (C=O) groups is 1. The fraction of sp³-hybridized carbons (Fsp3) is 0.222. The molecule has 1 aromatic carbocycles. The SMILES string of the molecule is NC(C(=O)O)(c1ccc(Cl)c(Cl)c1)C(F)(F)F. The molecule has 0 saturated heterocycles. The van der Waals surface area contributed by atoms with E-state index in [1.807, 2.05) is 0 Å². The van der Waals surface area contributed by atoms with Gasteiger partial charge in [0.15, 0.2) is 0 Å². The molecule has 17 heavy (non-hydrogen) atoms. The number of rotatable bonds is 2. The number of hydrogen-bond acceptors (Lipinski definition) is 2. The molecule has 0 radical (unpaired) electrons. The van der Waals surface area contributed by atoms with Gasteiger partial charge in [-0.3, -0.25) is 0 Å². The van der Waals surface area contributed by atoms with E-state index in [0.717, 1.165) is 18.2 Å². The fourth-order valence-corrected chi connectivity index (χ4v) is 1.45. The Morgan fingerprint density at radius 2 is 1.76 bits per heavy atom. The first-order valence-corrected chi connectivity index (χ1v) is 4.91. The molecule has 0 amide bonds. The van der Waals surface area contributed by atoms with Crippen LogP contribution >= 0.6 is 23.2 Å². The quantitative estimate of drug-likeness (QED) is 0.879. The molecule has 0 aliphatic carbocycles. The smallest absolute Gasteiger partial charge is 0.421 e. The zero-order valence-electron chi connectivity index (χ0n) is 8.05. The Morgan fingerprint density at radius 1 is 1.24 bits per heavy atom. The average molecular weight is 288 g/mol. The van der Waals surface area contributed by atoms with E-state index in [-0.39, 0.29) is 10.0 Å². The highest BCUT2D eigenvalue weighted by Gasteiger charge is 2.59. The highest BCUT2D eigenvalue weighted by molar-refractivity contribution is 6.42. The lowest BCUT2D eigenvalue weighted by atomic mass is 9.90. The summed E-state index contributed by atoms with van der Waals surface area (Å²) in [6, 6.07) is 2.71. The van der Waals surface area contributed by atoms with Crippen molar-refractivity contribution in [3.8, 4) is 0 Å². The molecule has 0 aliphatic rings. The molecule has 94 valence electrons. The molecule has 0 aliphatic heterocycles. The summed E-state index contributed by atoms with van der Waals surface area (Å²) in [5.74, 6) is -2.22. The molecule has 0 bridgehead atoms. The molecule has 1 unspecified atom stereocenters. The Kier molecular flexibility index (Phi) is 3.61. The standard InChI is InChI=1S/C9H6Cl2F3NO2/c10-5-2-1-4(3-6(5)11)8(15,7(16)17)9(12,13)14/h1-3H,15H2,(H,16,17). The molecule has 3 nitrogen and oxygen atoms in total. The number of aliphatic carboxylic acids is 1. The van der Waals surface area contributed by atoms with Gasteiger partial charge in [0, 0.05) is 0 Å². The number of carboxylic acid groups (broad SMARTS) is 1. The summed E-state index contributed by atoms with van der Waals surface area (Å²) in [5.41, 5.74) is 0.731. The normalized spacial score (nSPS) is 15.4. The van der Waals surface area contributed by atoms with Crippen molar-refractivity contribution in [3.63, 3.8) is 0 Å². The van der Waals surface area contributed by atoms with E-state index in [0.29, 0.717) is 0 Å². The third-order valence-corrected chi connectivity index (χ3v) is 2.90. The van der Waals surface area contributed by atoms with Crippen molar-refractivity contribution in [1.29, 1.82) is 0 Å². The molecule has 1 rings (SSSR count). The van der Waals surface area contributed by atoms with Crippen molar-refractivity contribution in [2.24, 2.45) is 5.73 Å². The largest absolute Gasteiger partial charge is 0.479 e. The van der Waals surface area contributed by atoms with Gasteiger partial charge in [0.25, 0.3) is 0 Å². The van der Waals surface area contributed by atoms with Crippen LogP contribution < -0.4 is 5.73 Å². The zero-order valence-corrected chi connectivity index (χ0v) is 9.57. The van der Waals surface area contributed by atoms with Crippen molar-refractivity contribution < 1.29 is 23.1 Å². The average Bonchev–Trinajstić information content (AvgIpc) is 2.19. The molecule has 0 spiro atoms. The lowest BCUT2D eigenvalue weighted by molar-refractivity contribution is -0.204. The van der Waals surface area contributed by atoms with E-state index < -0.39 is 23.2 Å². The third kappa shape index (κ3) is 2.34. The lowest BCUT2D eigenvalue weighted by Crippen LogP contribution is -2.56. The maximum Gasteiger partial charge on any atom is 0.421 e. The Balaban J connectivity index is 3.44. The minimum absolute atomic E-state index is 0.00494. The number of nitrogens with two attached hydrogens (primary N) is 1. The lowest BCUT2D eigenvalue weighted by Gasteiger charge is -2.27. The van der Waals surface area contributed by atoms with Crippen LogP contribution in [0.2, 0.25) is 10.0 Å². The highest BCUT2D eigenvalue weighted by Crippen LogP contribution is 2.38. The summed E-state index contributed by atoms with van der Waals surface area (Å²) < 4.78 is 38.1. The summed E-state index contributed by atoms with van der Waals surface area (Å²) in [7, 11) is 0. The Hall–Kier alpha value is -0.980. The first-order valence-electron chi connectivity index (χ1n) is 4.15. The van der Waals surface area contributed by atoms with Crippen LogP contribution in [-0.2, 0) is 10.3 Å². The summed E-state index contributed by atoms with van der Waals surface area (Å²) in [5, 5.41) is 8.46. The van der Waals surface area contributed by atoms with Crippen molar-refractivity contribution in [1.82, 2.24) is 0 Å². The highest BCUT2D eigenvalue weighted by atomic mass is 35.5. The van der Waals surface area contributed by atoms with Gasteiger partial charge in [-0.15, -0.1) is 0 Å². The molecular weight excluding hydrogens is 282 g/mol. The van der Waals surface area contributed by atoms with E-state index in [4.69, 9.17) is 34.0 Å². The van der Waals surface area contributed by atoms with E-state index in [9.17, 15) is 18.0 Å². The predicted molar refractivity (Wildman–Crippen MR) is 56.0 cm³/mol. The summed E-state index contributed by atoms with van der Waals surface area (Å²) in [4.78, 5) is 10.7. The minimum atomic E-state index is -5.16. The van der Waals surface area contributed by atoms with Gasteiger partial charge in [-0.1, -0.05) is 29.3 Å². The third-order valence-electron chi connectivity index (χ3n) is 2.16. The van der Waals surface area contributed by atoms with Crippen LogP contribution in [0.15, 0.2) is 18.2 Å². The van der Waals surface area contributed by atoms with Crippen LogP contribution in [0.25, 0.3) is 0 Å². The molecule has 0 fully saturated rings. The molecule has 3 N–H and O–H groups in total. The van der Waals surface area contributed by atoms with E-state index in [2.05, 4.69) is 0 Å². The van der Waals surface area contributed by atoms with E-state index in [1.54, 1.807) is 0 Å². The number of carboxylic acids is 1. The summed E-state index contributed by atoms with van der Waals surface area (Å²) in [6.45, 7) is 0. The van der Waals surface area contributed by atoms with Gasteiger partial charge < -0.3 is 10.8 Å². The van der Waals surface area contributed by atoms with E-state index in [1.165, 1.54) is 0 Å². The zero-order chi connectivity index (χ0) is 13.4. The second-order valence-electron chi connectivity index (χ2n) is 3.24. The van der Waals surface area contributed by atoms with E-state index >= 15 is 0 Å². The van der Waals surface area contributed by atoms with Crippen LogP contribution in [0.1, 0.15) is 5.56 Å². The first kappa shape index (κ1) is 14.1. The van der Waals surface area contributed by atoms with Crippen molar-refractivity contribution in [2.45, 2.75) is 11.7 Å². The van der Waals surface area contributed by atoms with Gasteiger partial charge in [0.05, 0.1) is 10.0 Å². The number of alkyl halides is 3. The second kappa shape index (κ2) is 4.36. The van der Waals surface area contributed by atoms with Gasteiger partial charge in [0.2, 0.25) is 5.54 Å². The molecule has 0 heterocycles. The molecule has 8 heteroatoms. The van der Waals surface area contributed by atoms with Crippen LogP contribution in [0.4, 0.5) is 13.2 Å². The van der Waals surface area contributed by atoms with Crippen LogP contribution in [0.3, 0.4) is 0 Å². The maximum atomic E-state index is 12.7. The van der Waals surface area contributed by atoms with Crippen molar-refractivity contribution in [3.05, 3.63) is 33.8 Å². The monoisotopic (exact) mass is 287 g/mol. The molecule has 0 saturated carbocycles. The number of hydrogen-bond donors (Lipinski definition) is 2.